The summed E-state index contributed by atoms with van der Waals surface area (Å²) in [4.78, 5) is 0. The largest absolute Gasteiger partial charge is 0.492 e. The van der Waals surface area contributed by atoms with Gasteiger partial charge in [-0.15, -0.1) is 0 Å². The van der Waals surface area contributed by atoms with Crippen LogP contribution in [0.25, 0.3) is 11.4 Å². The summed E-state index contributed by atoms with van der Waals surface area (Å²) in [5.41, 5.74) is 5.31. The number of nitrogens with one attached hydrogen (secondary N) is 2. The Morgan fingerprint density at radius 1 is 1.24 bits per heavy atom. The van der Waals surface area contributed by atoms with Crippen molar-refractivity contribution in [3.05, 3.63) is 61.7 Å². The van der Waals surface area contributed by atoms with Gasteiger partial charge in [-0.1, -0.05) is 46.3 Å². The molecular formula is C17H16Br2N4OS. The fourth-order valence-electron chi connectivity index (χ4n) is 2.44. The topological polar surface area (TPSA) is 54.9 Å². The lowest BCUT2D eigenvalue weighted by Gasteiger charge is -2.15. The zero-order chi connectivity index (χ0) is 17.8. The second-order valence-corrected chi connectivity index (χ2v) is 7.35. The summed E-state index contributed by atoms with van der Waals surface area (Å²) in [6, 6.07) is 13.9. The second-order valence-electron chi connectivity index (χ2n) is 5.20. The van der Waals surface area contributed by atoms with Crippen LogP contribution in [0, 0.1) is 4.77 Å². The molecule has 25 heavy (non-hydrogen) atoms. The molecule has 0 atom stereocenters. The number of hydrogen-bond acceptors (Lipinski definition) is 4. The van der Waals surface area contributed by atoms with E-state index >= 15 is 0 Å². The standard InChI is InChI=1S/C17H16Br2N4OS/c1-2-24-15-12(8-13(18)9-14(15)19)10-20-23-16(21-22-17(23)25)11-6-4-3-5-7-11/h3-9,20H,2,10H2,1H3,(H,22,25). The Bertz CT molecular complexity index is 924. The minimum absolute atomic E-state index is 0.505. The van der Waals surface area contributed by atoms with Crippen molar-refractivity contribution in [1.29, 1.82) is 0 Å². The molecule has 0 saturated heterocycles. The summed E-state index contributed by atoms with van der Waals surface area (Å²) >= 11 is 12.4. The molecule has 5 nitrogen and oxygen atoms in total. The first-order valence-electron chi connectivity index (χ1n) is 7.67. The Kier molecular flexibility index (Phi) is 5.93. The Morgan fingerprint density at radius 2 is 2.00 bits per heavy atom. The highest BCUT2D eigenvalue weighted by Crippen LogP contribution is 2.33. The zero-order valence-electron chi connectivity index (χ0n) is 13.4. The van der Waals surface area contributed by atoms with Gasteiger partial charge < -0.3 is 10.2 Å². The number of benzene rings is 2. The molecule has 3 rings (SSSR count). The van der Waals surface area contributed by atoms with E-state index in [1.54, 1.807) is 4.68 Å². The van der Waals surface area contributed by atoms with Crippen LogP contribution in [-0.2, 0) is 6.54 Å². The number of ether oxygens (including phenoxy) is 1. The van der Waals surface area contributed by atoms with Crippen LogP contribution in [0.4, 0.5) is 0 Å². The minimum Gasteiger partial charge on any atom is -0.492 e. The second kappa shape index (κ2) is 8.16. The van der Waals surface area contributed by atoms with Crippen molar-refractivity contribution in [3.63, 3.8) is 0 Å². The number of halogens is 2. The molecule has 3 aromatic rings. The fraction of sp³-hybridized carbons (Fsp3) is 0.176. The van der Waals surface area contributed by atoms with Gasteiger partial charge in [-0.2, -0.15) is 5.10 Å². The third-order valence-corrected chi connectivity index (χ3v) is 4.83. The van der Waals surface area contributed by atoms with Crippen LogP contribution in [0.5, 0.6) is 5.75 Å². The van der Waals surface area contributed by atoms with Crippen molar-refractivity contribution in [2.24, 2.45) is 0 Å². The van der Waals surface area contributed by atoms with E-state index in [9.17, 15) is 0 Å². The SMILES string of the molecule is CCOc1c(Br)cc(Br)cc1CNn1c(-c2ccccc2)n[nH]c1=S. The molecule has 130 valence electrons. The summed E-state index contributed by atoms with van der Waals surface area (Å²) in [5.74, 6) is 1.55. The van der Waals surface area contributed by atoms with Gasteiger partial charge in [0, 0.05) is 15.6 Å². The van der Waals surface area contributed by atoms with Crippen molar-refractivity contribution in [1.82, 2.24) is 14.9 Å². The fourth-order valence-corrected chi connectivity index (χ4v) is 4.06. The first-order valence-corrected chi connectivity index (χ1v) is 9.67. The van der Waals surface area contributed by atoms with E-state index in [1.165, 1.54) is 0 Å². The highest BCUT2D eigenvalue weighted by Gasteiger charge is 2.12. The van der Waals surface area contributed by atoms with E-state index < -0.39 is 0 Å². The normalized spacial score (nSPS) is 10.7. The van der Waals surface area contributed by atoms with Gasteiger partial charge in [-0.25, -0.2) is 9.77 Å². The van der Waals surface area contributed by atoms with Gasteiger partial charge in [0.2, 0.25) is 4.77 Å². The van der Waals surface area contributed by atoms with E-state index in [2.05, 4.69) is 47.5 Å². The molecule has 0 aliphatic carbocycles. The predicted molar refractivity (Wildman–Crippen MR) is 109 cm³/mol. The monoisotopic (exact) mass is 482 g/mol. The first kappa shape index (κ1) is 18.2. The molecular weight excluding hydrogens is 468 g/mol. The van der Waals surface area contributed by atoms with Crippen molar-refractivity contribution in [2.45, 2.75) is 13.5 Å². The summed E-state index contributed by atoms with van der Waals surface area (Å²) in [6.07, 6.45) is 0. The van der Waals surface area contributed by atoms with Gasteiger partial charge in [0.1, 0.15) is 5.75 Å². The molecule has 2 N–H and O–H groups in total. The van der Waals surface area contributed by atoms with Gasteiger partial charge >= 0.3 is 0 Å². The predicted octanol–water partition coefficient (Wildman–Crippen LogP) is 5.28. The summed E-state index contributed by atoms with van der Waals surface area (Å²) in [7, 11) is 0. The number of nitrogens with zero attached hydrogens (tertiary/aromatic N) is 2. The Morgan fingerprint density at radius 3 is 2.72 bits per heavy atom. The van der Waals surface area contributed by atoms with Gasteiger partial charge in [-0.05, 0) is 47.2 Å². The number of hydrogen-bond donors (Lipinski definition) is 2. The Hall–Kier alpha value is -1.64. The van der Waals surface area contributed by atoms with Crippen molar-refractivity contribution in [2.75, 3.05) is 12.0 Å². The van der Waals surface area contributed by atoms with Crippen LogP contribution in [0.3, 0.4) is 0 Å². The van der Waals surface area contributed by atoms with Crippen LogP contribution >= 0.6 is 44.1 Å². The molecule has 0 bridgehead atoms. The summed E-state index contributed by atoms with van der Waals surface area (Å²) in [5, 5.41) is 7.16. The molecule has 1 aromatic heterocycles. The van der Waals surface area contributed by atoms with Gasteiger partial charge in [0.05, 0.1) is 17.6 Å². The van der Waals surface area contributed by atoms with Crippen LogP contribution in [-0.4, -0.2) is 21.5 Å². The third-order valence-electron chi connectivity index (χ3n) is 3.51. The molecule has 0 unspecified atom stereocenters. The maximum atomic E-state index is 5.77. The number of aromatic nitrogens is 3. The quantitative estimate of drug-likeness (QED) is 0.468. The van der Waals surface area contributed by atoms with Gasteiger partial charge in [0.15, 0.2) is 5.82 Å². The zero-order valence-corrected chi connectivity index (χ0v) is 17.4. The lowest BCUT2D eigenvalue weighted by atomic mass is 10.2. The molecule has 0 aliphatic rings. The third kappa shape index (κ3) is 4.13. The Balaban J connectivity index is 1.91. The highest BCUT2D eigenvalue weighted by atomic mass is 79.9. The molecule has 0 aliphatic heterocycles. The lowest BCUT2D eigenvalue weighted by Crippen LogP contribution is -2.16. The van der Waals surface area contributed by atoms with E-state index in [4.69, 9.17) is 17.0 Å². The van der Waals surface area contributed by atoms with Crippen molar-refractivity contribution < 1.29 is 4.74 Å². The van der Waals surface area contributed by atoms with Gasteiger partial charge in [0.25, 0.3) is 0 Å². The van der Waals surface area contributed by atoms with E-state index in [1.807, 2.05) is 49.4 Å². The van der Waals surface area contributed by atoms with E-state index in [0.29, 0.717) is 17.9 Å². The number of H-pyrrole nitrogens is 1. The Labute approximate surface area is 167 Å². The molecule has 0 fully saturated rings. The first-order chi connectivity index (χ1) is 12.1. The minimum atomic E-state index is 0.505. The lowest BCUT2D eigenvalue weighted by molar-refractivity contribution is 0.334. The molecule has 0 amide bonds. The van der Waals surface area contributed by atoms with Crippen LogP contribution in [0.2, 0.25) is 0 Å². The maximum absolute atomic E-state index is 5.77. The smallest absolute Gasteiger partial charge is 0.214 e. The van der Waals surface area contributed by atoms with Crippen molar-refractivity contribution in [3.8, 4) is 17.1 Å². The van der Waals surface area contributed by atoms with Crippen LogP contribution in [0.15, 0.2) is 51.4 Å². The molecule has 1 heterocycles. The molecule has 8 heteroatoms. The number of aromatic amines is 1. The average molecular weight is 484 g/mol. The maximum Gasteiger partial charge on any atom is 0.214 e. The average Bonchev–Trinajstić information content (AvgIpc) is 2.97. The van der Waals surface area contributed by atoms with E-state index in [0.717, 1.165) is 31.6 Å². The van der Waals surface area contributed by atoms with Crippen molar-refractivity contribution >= 4 is 44.1 Å². The molecule has 2 aromatic carbocycles. The van der Waals surface area contributed by atoms with E-state index in [-0.39, 0.29) is 0 Å². The highest BCUT2D eigenvalue weighted by molar-refractivity contribution is 9.11. The summed E-state index contributed by atoms with van der Waals surface area (Å²) in [6.45, 7) is 3.08. The number of rotatable bonds is 6. The summed E-state index contributed by atoms with van der Waals surface area (Å²) < 4.78 is 9.92. The molecule has 0 saturated carbocycles. The molecule has 0 radical (unpaired) electrons. The molecule has 0 spiro atoms. The van der Waals surface area contributed by atoms with Crippen LogP contribution in [0.1, 0.15) is 12.5 Å². The van der Waals surface area contributed by atoms with Crippen LogP contribution < -0.4 is 10.2 Å². The van der Waals surface area contributed by atoms with Gasteiger partial charge in [-0.3, -0.25) is 0 Å².